The molecule has 0 unspecified atom stereocenters. The van der Waals surface area contributed by atoms with E-state index in [1.165, 1.54) is 0 Å². The lowest BCUT2D eigenvalue weighted by Gasteiger charge is -2.30. The third-order valence-electron chi connectivity index (χ3n) is 5.42. The van der Waals surface area contributed by atoms with E-state index in [9.17, 15) is 4.79 Å². The first-order chi connectivity index (χ1) is 14.5. The van der Waals surface area contributed by atoms with E-state index in [1.807, 2.05) is 49.5 Å². The van der Waals surface area contributed by atoms with Crippen LogP contribution in [-0.2, 0) is 4.79 Å². The Bertz CT molecular complexity index is 1030. The van der Waals surface area contributed by atoms with Gasteiger partial charge in [0.15, 0.2) is 0 Å². The molecular weight excluding hydrogens is 400 g/mol. The summed E-state index contributed by atoms with van der Waals surface area (Å²) in [6, 6.07) is 8.24. The average molecular weight is 427 g/mol. The highest BCUT2D eigenvalue weighted by atomic mass is 35.5. The molecule has 0 aliphatic heterocycles. The van der Waals surface area contributed by atoms with Gasteiger partial charge in [-0.25, -0.2) is 9.97 Å². The number of pyridine rings is 2. The van der Waals surface area contributed by atoms with E-state index in [0.717, 1.165) is 53.8 Å². The molecule has 8 heteroatoms. The Morgan fingerprint density at radius 1 is 1.23 bits per heavy atom. The second kappa shape index (κ2) is 9.02. The number of likely N-dealkylation sites (N-methyl/N-ethyl adjacent to an activating group) is 1. The van der Waals surface area contributed by atoms with Crippen molar-refractivity contribution in [2.45, 2.75) is 37.8 Å². The van der Waals surface area contributed by atoms with Crippen molar-refractivity contribution in [2.24, 2.45) is 0 Å². The molecule has 0 radical (unpaired) electrons. The quantitative estimate of drug-likeness (QED) is 0.559. The van der Waals surface area contributed by atoms with Crippen LogP contribution in [0.1, 0.15) is 25.7 Å². The number of halogens is 1. The molecule has 3 aromatic rings. The second-order valence-electron chi connectivity index (χ2n) is 8.16. The predicted molar refractivity (Wildman–Crippen MR) is 121 cm³/mol. The summed E-state index contributed by atoms with van der Waals surface area (Å²) >= 11 is 6.40. The van der Waals surface area contributed by atoms with Gasteiger partial charge in [0, 0.05) is 40.4 Å². The normalized spacial score (nSPS) is 19.2. The van der Waals surface area contributed by atoms with Gasteiger partial charge in [0.2, 0.25) is 5.91 Å². The number of carbonyl (C=O) groups excluding carboxylic acids is 1. The van der Waals surface area contributed by atoms with Gasteiger partial charge in [-0.15, -0.1) is 0 Å². The molecule has 1 aliphatic carbocycles. The van der Waals surface area contributed by atoms with Gasteiger partial charge in [-0.3, -0.25) is 4.79 Å². The maximum Gasteiger partial charge on any atom is 0.234 e. The molecule has 0 saturated heterocycles. The highest BCUT2D eigenvalue weighted by Gasteiger charge is 2.23. The molecule has 1 amide bonds. The summed E-state index contributed by atoms with van der Waals surface area (Å²) in [7, 11) is 3.80. The molecular formula is C22H27ClN6O. The number of amides is 1. The summed E-state index contributed by atoms with van der Waals surface area (Å²) < 4.78 is 0. The van der Waals surface area contributed by atoms with E-state index < -0.39 is 0 Å². The molecule has 158 valence electrons. The Balaban J connectivity index is 1.41. The monoisotopic (exact) mass is 426 g/mol. The first-order valence-electron chi connectivity index (χ1n) is 10.3. The molecule has 30 heavy (non-hydrogen) atoms. The number of anilines is 1. The number of aromatic nitrogens is 3. The molecule has 3 aromatic heterocycles. The van der Waals surface area contributed by atoms with Crippen LogP contribution in [-0.4, -0.2) is 58.5 Å². The van der Waals surface area contributed by atoms with Crippen molar-refractivity contribution in [3.8, 4) is 11.3 Å². The van der Waals surface area contributed by atoms with Crippen molar-refractivity contribution in [3.05, 3.63) is 41.7 Å². The van der Waals surface area contributed by atoms with Crippen LogP contribution in [0.25, 0.3) is 22.3 Å². The minimum Gasteiger partial charge on any atom is -0.367 e. The van der Waals surface area contributed by atoms with Gasteiger partial charge < -0.3 is 20.5 Å². The fourth-order valence-corrected chi connectivity index (χ4v) is 4.24. The third kappa shape index (κ3) is 4.91. The summed E-state index contributed by atoms with van der Waals surface area (Å²) in [5.74, 6) is 0.863. The highest BCUT2D eigenvalue weighted by molar-refractivity contribution is 6.31. The number of nitrogens with one attached hydrogen (secondary N) is 3. The lowest BCUT2D eigenvalue weighted by atomic mass is 9.91. The average Bonchev–Trinajstić information content (AvgIpc) is 3.13. The number of aromatic amines is 1. The minimum absolute atomic E-state index is 0.0887. The Hall–Kier alpha value is -2.64. The molecule has 7 nitrogen and oxygen atoms in total. The van der Waals surface area contributed by atoms with Crippen molar-refractivity contribution in [1.29, 1.82) is 0 Å². The first kappa shape index (κ1) is 20.6. The van der Waals surface area contributed by atoms with Crippen LogP contribution >= 0.6 is 11.6 Å². The second-order valence-corrected chi connectivity index (χ2v) is 8.59. The summed E-state index contributed by atoms with van der Waals surface area (Å²) in [5, 5.41) is 8.33. The fourth-order valence-electron chi connectivity index (χ4n) is 4.03. The zero-order valence-corrected chi connectivity index (χ0v) is 18.0. The molecule has 1 aliphatic rings. The number of hydrogen-bond donors (Lipinski definition) is 3. The molecule has 3 heterocycles. The van der Waals surface area contributed by atoms with E-state index >= 15 is 0 Å². The van der Waals surface area contributed by atoms with Crippen LogP contribution in [0.5, 0.6) is 0 Å². The largest absolute Gasteiger partial charge is 0.367 e. The lowest BCUT2D eigenvalue weighted by Crippen LogP contribution is -2.43. The summed E-state index contributed by atoms with van der Waals surface area (Å²) in [4.78, 5) is 26.2. The predicted octanol–water partition coefficient (Wildman–Crippen LogP) is 3.68. The van der Waals surface area contributed by atoms with Gasteiger partial charge in [0.1, 0.15) is 11.5 Å². The Morgan fingerprint density at radius 3 is 2.77 bits per heavy atom. The van der Waals surface area contributed by atoms with Gasteiger partial charge >= 0.3 is 0 Å². The number of nitrogens with zero attached hydrogens (tertiary/aromatic N) is 3. The Labute approximate surface area is 181 Å². The molecule has 4 rings (SSSR count). The Morgan fingerprint density at radius 2 is 2.00 bits per heavy atom. The van der Waals surface area contributed by atoms with E-state index in [1.54, 1.807) is 6.20 Å². The zero-order valence-electron chi connectivity index (χ0n) is 17.3. The zero-order chi connectivity index (χ0) is 21.1. The van der Waals surface area contributed by atoms with Gasteiger partial charge in [-0.2, -0.15) is 0 Å². The standard InChI is InChI=1S/C22H27ClN6O/c1-29(2)13-21(30)27-16-7-5-15(6-8-16)26-20-11-14(23)10-19(28-20)18-12-25-22-17(18)4-3-9-24-22/h3-4,9-12,15-16H,5-8,13H2,1-2H3,(H,24,25)(H,26,28)(H,27,30)/t15-,16-. The van der Waals surface area contributed by atoms with Gasteiger partial charge in [0.05, 0.1) is 12.2 Å². The topological polar surface area (TPSA) is 85.9 Å². The number of carbonyl (C=O) groups is 1. The highest BCUT2D eigenvalue weighted by Crippen LogP contribution is 2.30. The van der Waals surface area contributed by atoms with Crippen molar-refractivity contribution in [1.82, 2.24) is 25.2 Å². The molecule has 0 atom stereocenters. The Kier molecular flexibility index (Phi) is 6.20. The van der Waals surface area contributed by atoms with Crippen LogP contribution in [0, 0.1) is 0 Å². The molecule has 3 N–H and O–H groups in total. The van der Waals surface area contributed by atoms with E-state index in [2.05, 4.69) is 20.6 Å². The van der Waals surface area contributed by atoms with Crippen molar-refractivity contribution < 1.29 is 4.79 Å². The molecule has 0 bridgehead atoms. The van der Waals surface area contributed by atoms with Crippen molar-refractivity contribution in [2.75, 3.05) is 26.0 Å². The lowest BCUT2D eigenvalue weighted by molar-refractivity contribution is -0.122. The summed E-state index contributed by atoms with van der Waals surface area (Å²) in [6.07, 6.45) is 7.56. The maximum atomic E-state index is 12.0. The van der Waals surface area contributed by atoms with Crippen LogP contribution < -0.4 is 10.6 Å². The van der Waals surface area contributed by atoms with Gasteiger partial charge in [-0.1, -0.05) is 11.6 Å². The molecule has 1 saturated carbocycles. The maximum absolute atomic E-state index is 12.0. The van der Waals surface area contributed by atoms with E-state index in [4.69, 9.17) is 16.6 Å². The first-order valence-corrected chi connectivity index (χ1v) is 10.7. The molecule has 0 spiro atoms. The number of hydrogen-bond acceptors (Lipinski definition) is 5. The third-order valence-corrected chi connectivity index (χ3v) is 5.64. The molecule has 0 aromatic carbocycles. The number of H-pyrrole nitrogens is 1. The number of rotatable bonds is 6. The van der Waals surface area contributed by atoms with Crippen LogP contribution in [0.4, 0.5) is 5.82 Å². The smallest absolute Gasteiger partial charge is 0.234 e. The van der Waals surface area contributed by atoms with E-state index in [0.29, 0.717) is 17.6 Å². The van der Waals surface area contributed by atoms with Gasteiger partial charge in [-0.05, 0) is 64.0 Å². The van der Waals surface area contributed by atoms with Crippen molar-refractivity contribution in [3.63, 3.8) is 0 Å². The van der Waals surface area contributed by atoms with Crippen LogP contribution in [0.2, 0.25) is 5.02 Å². The summed E-state index contributed by atoms with van der Waals surface area (Å²) in [6.45, 7) is 0.427. The van der Waals surface area contributed by atoms with Crippen LogP contribution in [0.3, 0.4) is 0 Å². The number of fused-ring (bicyclic) bond motifs is 1. The molecule has 1 fully saturated rings. The van der Waals surface area contributed by atoms with E-state index in [-0.39, 0.29) is 11.9 Å². The van der Waals surface area contributed by atoms with Crippen LogP contribution in [0.15, 0.2) is 36.7 Å². The van der Waals surface area contributed by atoms with Crippen molar-refractivity contribution >= 4 is 34.4 Å². The SMILES string of the molecule is CN(C)CC(=O)N[C@H]1CC[C@H](Nc2cc(Cl)cc(-c3c[nH]c4ncccc34)n2)CC1. The van der Waals surface area contributed by atoms with Gasteiger partial charge in [0.25, 0.3) is 0 Å². The minimum atomic E-state index is 0.0887. The summed E-state index contributed by atoms with van der Waals surface area (Å²) in [5.41, 5.74) is 2.63. The fraction of sp³-hybridized carbons (Fsp3) is 0.409.